The summed E-state index contributed by atoms with van der Waals surface area (Å²) in [7, 11) is 0. The van der Waals surface area contributed by atoms with Crippen molar-refractivity contribution in [2.24, 2.45) is 0 Å². The summed E-state index contributed by atoms with van der Waals surface area (Å²) in [5.74, 6) is -4.90. The molecule has 0 saturated heterocycles. The second-order valence-corrected chi connectivity index (χ2v) is 4.37. The van der Waals surface area contributed by atoms with Gasteiger partial charge in [-0.15, -0.1) is 0 Å². The van der Waals surface area contributed by atoms with Gasteiger partial charge in [0.15, 0.2) is 0 Å². The molecule has 0 aliphatic rings. The summed E-state index contributed by atoms with van der Waals surface area (Å²) in [5, 5.41) is 9.65. The lowest BCUT2D eigenvalue weighted by Gasteiger charge is -2.23. The molecule has 19 heavy (non-hydrogen) atoms. The molecule has 0 saturated carbocycles. The molecule has 0 aromatic heterocycles. The van der Waals surface area contributed by atoms with E-state index in [-0.39, 0.29) is 5.56 Å². The first-order valence-corrected chi connectivity index (χ1v) is 5.89. The fourth-order valence-corrected chi connectivity index (χ4v) is 1.82. The third-order valence-corrected chi connectivity index (χ3v) is 2.80. The normalized spacial score (nSPS) is 14.5. The lowest BCUT2D eigenvalue weighted by atomic mass is 9.95. The maximum absolute atomic E-state index is 12.9. The first kappa shape index (κ1) is 15.9. The van der Waals surface area contributed by atoms with Gasteiger partial charge in [-0.1, -0.05) is 37.6 Å². The third-order valence-electron chi connectivity index (χ3n) is 2.80. The molecular formula is C13H15F5O. The van der Waals surface area contributed by atoms with Crippen molar-refractivity contribution in [3.8, 4) is 0 Å². The van der Waals surface area contributed by atoms with E-state index in [1.54, 1.807) is 12.1 Å². The van der Waals surface area contributed by atoms with Crippen molar-refractivity contribution in [3.63, 3.8) is 0 Å². The fourth-order valence-electron chi connectivity index (χ4n) is 1.82. The topological polar surface area (TPSA) is 20.2 Å². The number of aliphatic hydroxyl groups excluding tert-OH is 1. The Labute approximate surface area is 108 Å². The summed E-state index contributed by atoms with van der Waals surface area (Å²) < 4.78 is 62.1. The molecule has 0 aliphatic carbocycles. The summed E-state index contributed by atoms with van der Waals surface area (Å²) in [6.07, 6.45) is -7.91. The average molecular weight is 282 g/mol. The van der Waals surface area contributed by atoms with Crippen LogP contribution in [0.1, 0.15) is 37.0 Å². The van der Waals surface area contributed by atoms with Gasteiger partial charge in [0, 0.05) is 0 Å². The van der Waals surface area contributed by atoms with E-state index in [2.05, 4.69) is 0 Å². The number of halogens is 5. The number of hydrogen-bond acceptors (Lipinski definition) is 1. The standard InChI is InChI=1S/C13H15F5O/c1-2-5-9-6-3-4-7-10(9)11(19)8-12(14,15)13(16,17)18/h3-4,6-7,11,19H,2,5,8H2,1H3. The van der Waals surface area contributed by atoms with Crippen LogP contribution in [-0.2, 0) is 6.42 Å². The quantitative estimate of drug-likeness (QED) is 0.800. The predicted molar refractivity (Wildman–Crippen MR) is 61.0 cm³/mol. The average Bonchev–Trinajstić information content (AvgIpc) is 2.28. The van der Waals surface area contributed by atoms with Gasteiger partial charge in [-0.2, -0.15) is 22.0 Å². The lowest BCUT2D eigenvalue weighted by molar-refractivity contribution is -0.290. The summed E-state index contributed by atoms with van der Waals surface area (Å²) in [6, 6.07) is 6.16. The van der Waals surface area contributed by atoms with E-state index in [4.69, 9.17) is 0 Å². The van der Waals surface area contributed by atoms with Crippen LogP contribution in [0, 0.1) is 0 Å². The molecule has 108 valence electrons. The Morgan fingerprint density at radius 2 is 1.68 bits per heavy atom. The number of alkyl halides is 5. The summed E-state index contributed by atoms with van der Waals surface area (Å²) in [4.78, 5) is 0. The Balaban J connectivity index is 2.92. The molecule has 1 nitrogen and oxygen atoms in total. The van der Waals surface area contributed by atoms with Gasteiger partial charge < -0.3 is 5.11 Å². The third kappa shape index (κ3) is 3.89. The van der Waals surface area contributed by atoms with Crippen LogP contribution < -0.4 is 0 Å². The minimum atomic E-state index is -5.65. The zero-order valence-electron chi connectivity index (χ0n) is 10.3. The van der Waals surface area contributed by atoms with E-state index in [9.17, 15) is 27.1 Å². The summed E-state index contributed by atoms with van der Waals surface area (Å²) >= 11 is 0. The van der Waals surface area contributed by atoms with Crippen molar-refractivity contribution in [1.82, 2.24) is 0 Å². The molecule has 1 aromatic rings. The van der Waals surface area contributed by atoms with Crippen molar-refractivity contribution in [2.75, 3.05) is 0 Å². The Hall–Kier alpha value is -1.17. The predicted octanol–water partition coefficient (Wildman–Crippen LogP) is 4.26. The van der Waals surface area contributed by atoms with Crippen LogP contribution in [0.3, 0.4) is 0 Å². The summed E-state index contributed by atoms with van der Waals surface area (Å²) in [6.45, 7) is 1.85. The molecule has 1 aromatic carbocycles. The number of aliphatic hydroxyl groups is 1. The Kier molecular flexibility index (Phi) is 4.90. The molecule has 0 fully saturated rings. The second kappa shape index (κ2) is 5.86. The zero-order chi connectivity index (χ0) is 14.7. The Morgan fingerprint density at radius 1 is 1.11 bits per heavy atom. The van der Waals surface area contributed by atoms with E-state index in [1.807, 2.05) is 6.92 Å². The van der Waals surface area contributed by atoms with Gasteiger partial charge in [-0.05, 0) is 17.5 Å². The monoisotopic (exact) mass is 282 g/mol. The van der Waals surface area contributed by atoms with E-state index < -0.39 is 24.6 Å². The zero-order valence-corrected chi connectivity index (χ0v) is 10.3. The molecule has 0 heterocycles. The highest BCUT2D eigenvalue weighted by atomic mass is 19.4. The first-order valence-electron chi connectivity index (χ1n) is 5.89. The number of aryl methyl sites for hydroxylation is 1. The van der Waals surface area contributed by atoms with Gasteiger partial charge in [0.2, 0.25) is 0 Å². The van der Waals surface area contributed by atoms with Crippen molar-refractivity contribution in [2.45, 2.75) is 44.4 Å². The van der Waals surface area contributed by atoms with Crippen LogP contribution in [0.4, 0.5) is 22.0 Å². The second-order valence-electron chi connectivity index (χ2n) is 4.37. The smallest absolute Gasteiger partial charge is 0.388 e. The molecule has 0 amide bonds. The Bertz CT molecular complexity index is 414. The lowest BCUT2D eigenvalue weighted by Crippen LogP contribution is -2.37. The van der Waals surface area contributed by atoms with Gasteiger partial charge in [0.05, 0.1) is 12.5 Å². The maximum atomic E-state index is 12.9. The molecular weight excluding hydrogens is 267 g/mol. The van der Waals surface area contributed by atoms with Crippen LogP contribution in [-0.4, -0.2) is 17.2 Å². The van der Waals surface area contributed by atoms with Crippen molar-refractivity contribution in [1.29, 1.82) is 0 Å². The molecule has 6 heteroatoms. The molecule has 1 rings (SSSR count). The van der Waals surface area contributed by atoms with Crippen molar-refractivity contribution < 1.29 is 27.1 Å². The van der Waals surface area contributed by atoms with Crippen molar-refractivity contribution in [3.05, 3.63) is 35.4 Å². The van der Waals surface area contributed by atoms with E-state index in [1.165, 1.54) is 12.1 Å². The molecule has 0 radical (unpaired) electrons. The van der Waals surface area contributed by atoms with Crippen molar-refractivity contribution >= 4 is 0 Å². The molecule has 1 unspecified atom stereocenters. The highest BCUT2D eigenvalue weighted by Crippen LogP contribution is 2.42. The van der Waals surface area contributed by atoms with Crippen LogP contribution in [0.15, 0.2) is 24.3 Å². The van der Waals surface area contributed by atoms with Gasteiger partial charge >= 0.3 is 12.1 Å². The van der Waals surface area contributed by atoms with E-state index in [0.29, 0.717) is 18.4 Å². The number of rotatable bonds is 5. The van der Waals surface area contributed by atoms with Crippen LogP contribution in [0.5, 0.6) is 0 Å². The minimum Gasteiger partial charge on any atom is -0.388 e. The Morgan fingerprint density at radius 3 is 2.21 bits per heavy atom. The van der Waals surface area contributed by atoms with Gasteiger partial charge in [0.25, 0.3) is 0 Å². The van der Waals surface area contributed by atoms with Crippen LogP contribution in [0.25, 0.3) is 0 Å². The van der Waals surface area contributed by atoms with Crippen LogP contribution >= 0.6 is 0 Å². The minimum absolute atomic E-state index is 0.133. The van der Waals surface area contributed by atoms with Gasteiger partial charge in [0.1, 0.15) is 0 Å². The highest BCUT2D eigenvalue weighted by Gasteiger charge is 2.58. The van der Waals surface area contributed by atoms with Gasteiger partial charge in [-0.25, -0.2) is 0 Å². The molecule has 0 bridgehead atoms. The number of hydrogen-bond donors (Lipinski definition) is 1. The SMILES string of the molecule is CCCc1ccccc1C(O)CC(F)(F)C(F)(F)F. The largest absolute Gasteiger partial charge is 0.453 e. The van der Waals surface area contributed by atoms with Crippen LogP contribution in [0.2, 0.25) is 0 Å². The molecule has 1 N–H and O–H groups in total. The fraction of sp³-hybridized carbons (Fsp3) is 0.538. The molecule has 0 spiro atoms. The van der Waals surface area contributed by atoms with Gasteiger partial charge in [-0.3, -0.25) is 0 Å². The molecule has 0 aliphatic heterocycles. The molecule has 1 atom stereocenters. The van der Waals surface area contributed by atoms with E-state index in [0.717, 1.165) is 0 Å². The first-order chi connectivity index (χ1) is 8.69. The van der Waals surface area contributed by atoms with E-state index >= 15 is 0 Å². The number of benzene rings is 1. The maximum Gasteiger partial charge on any atom is 0.453 e. The highest BCUT2D eigenvalue weighted by molar-refractivity contribution is 5.29. The summed E-state index contributed by atoms with van der Waals surface area (Å²) in [5.41, 5.74) is 0.726.